The van der Waals surface area contributed by atoms with Gasteiger partial charge in [0.25, 0.3) is 5.69 Å². The number of aryl methyl sites for hydroxylation is 1. The van der Waals surface area contributed by atoms with E-state index in [2.05, 4.69) is 17.2 Å². The van der Waals surface area contributed by atoms with E-state index in [0.717, 1.165) is 11.7 Å². The van der Waals surface area contributed by atoms with Crippen LogP contribution in [0.4, 0.5) is 11.5 Å². The standard InChI is InChI=1S/C15H23N3O2/c1-3-4-12-5-7-13(8-6-12)17-15-10-9-14(18(19)20)11(2)16-15/h9-10,12-13H,3-8H2,1-2H3,(H,16,17). The molecule has 1 aliphatic rings. The monoisotopic (exact) mass is 277 g/mol. The molecule has 110 valence electrons. The van der Waals surface area contributed by atoms with E-state index >= 15 is 0 Å². The lowest BCUT2D eigenvalue weighted by Crippen LogP contribution is -2.26. The van der Waals surface area contributed by atoms with Crippen LogP contribution in [-0.2, 0) is 0 Å². The first-order valence-corrected chi connectivity index (χ1v) is 7.48. The molecule has 0 unspecified atom stereocenters. The molecule has 0 bridgehead atoms. The van der Waals surface area contributed by atoms with Gasteiger partial charge in [0.05, 0.1) is 4.92 Å². The van der Waals surface area contributed by atoms with E-state index in [9.17, 15) is 10.1 Å². The van der Waals surface area contributed by atoms with Crippen molar-refractivity contribution in [2.24, 2.45) is 5.92 Å². The lowest BCUT2D eigenvalue weighted by atomic mass is 9.83. The Balaban J connectivity index is 1.91. The highest BCUT2D eigenvalue weighted by Crippen LogP contribution is 2.29. The van der Waals surface area contributed by atoms with Crippen LogP contribution >= 0.6 is 0 Å². The van der Waals surface area contributed by atoms with E-state index in [1.165, 1.54) is 44.6 Å². The van der Waals surface area contributed by atoms with E-state index < -0.39 is 0 Å². The molecule has 5 nitrogen and oxygen atoms in total. The summed E-state index contributed by atoms with van der Waals surface area (Å²) in [5.74, 6) is 1.64. The minimum absolute atomic E-state index is 0.0854. The third-order valence-electron chi connectivity index (χ3n) is 4.15. The smallest absolute Gasteiger partial charge is 0.290 e. The van der Waals surface area contributed by atoms with Crippen molar-refractivity contribution in [2.45, 2.75) is 58.4 Å². The molecule has 1 saturated carbocycles. The van der Waals surface area contributed by atoms with Crippen molar-refractivity contribution in [3.8, 4) is 0 Å². The number of nitrogens with one attached hydrogen (secondary N) is 1. The Kier molecular flexibility index (Phi) is 4.93. The maximum atomic E-state index is 10.8. The Morgan fingerprint density at radius 1 is 1.35 bits per heavy atom. The highest BCUT2D eigenvalue weighted by atomic mass is 16.6. The van der Waals surface area contributed by atoms with Crippen LogP contribution < -0.4 is 5.32 Å². The van der Waals surface area contributed by atoms with E-state index in [4.69, 9.17) is 0 Å². The number of rotatable bonds is 5. The van der Waals surface area contributed by atoms with Crippen LogP contribution in [-0.4, -0.2) is 15.9 Å². The van der Waals surface area contributed by atoms with Gasteiger partial charge in [-0.2, -0.15) is 0 Å². The fourth-order valence-electron chi connectivity index (χ4n) is 3.04. The SMILES string of the molecule is CCCC1CCC(Nc2ccc([N+](=O)[O-])c(C)n2)CC1. The summed E-state index contributed by atoms with van der Waals surface area (Å²) in [6.07, 6.45) is 7.49. The normalized spacial score (nSPS) is 22.5. The summed E-state index contributed by atoms with van der Waals surface area (Å²) in [6, 6.07) is 3.70. The molecule has 0 atom stereocenters. The highest BCUT2D eigenvalue weighted by Gasteiger charge is 2.21. The number of nitrogens with zero attached hydrogens (tertiary/aromatic N) is 2. The lowest BCUT2D eigenvalue weighted by molar-refractivity contribution is -0.385. The van der Waals surface area contributed by atoms with Gasteiger partial charge in [-0.05, 0) is 44.6 Å². The Bertz CT molecular complexity index is 468. The first-order chi connectivity index (χ1) is 9.60. The van der Waals surface area contributed by atoms with Crippen LogP contribution in [0.5, 0.6) is 0 Å². The Labute approximate surface area is 119 Å². The average Bonchev–Trinajstić information content (AvgIpc) is 2.41. The predicted molar refractivity (Wildman–Crippen MR) is 79.9 cm³/mol. The largest absolute Gasteiger partial charge is 0.367 e. The topological polar surface area (TPSA) is 68.1 Å². The van der Waals surface area contributed by atoms with Crippen LogP contribution in [0.15, 0.2) is 12.1 Å². The number of aromatic nitrogens is 1. The molecule has 1 heterocycles. The third kappa shape index (κ3) is 3.68. The van der Waals surface area contributed by atoms with Gasteiger partial charge in [0.15, 0.2) is 0 Å². The molecular weight excluding hydrogens is 254 g/mol. The maximum Gasteiger partial charge on any atom is 0.290 e. The van der Waals surface area contributed by atoms with Crippen molar-refractivity contribution < 1.29 is 4.92 Å². The quantitative estimate of drug-likeness (QED) is 0.650. The van der Waals surface area contributed by atoms with Gasteiger partial charge < -0.3 is 5.32 Å². The summed E-state index contributed by atoms with van der Waals surface area (Å²) in [5, 5.41) is 14.2. The summed E-state index contributed by atoms with van der Waals surface area (Å²) in [7, 11) is 0. The summed E-state index contributed by atoms with van der Waals surface area (Å²) < 4.78 is 0. The van der Waals surface area contributed by atoms with Crippen molar-refractivity contribution in [2.75, 3.05) is 5.32 Å². The Hall–Kier alpha value is -1.65. The molecule has 1 fully saturated rings. The van der Waals surface area contributed by atoms with Crippen LogP contribution in [0, 0.1) is 23.0 Å². The van der Waals surface area contributed by atoms with Gasteiger partial charge in [0, 0.05) is 12.1 Å². The van der Waals surface area contributed by atoms with Crippen LogP contribution in [0.25, 0.3) is 0 Å². The summed E-state index contributed by atoms with van der Waals surface area (Å²) in [4.78, 5) is 14.7. The number of anilines is 1. The molecule has 1 aliphatic carbocycles. The molecule has 0 aliphatic heterocycles. The Morgan fingerprint density at radius 3 is 2.60 bits per heavy atom. The minimum Gasteiger partial charge on any atom is -0.367 e. The summed E-state index contributed by atoms with van der Waals surface area (Å²) >= 11 is 0. The second kappa shape index (κ2) is 6.68. The number of nitro groups is 1. The molecule has 0 radical (unpaired) electrons. The van der Waals surface area contributed by atoms with Crippen LogP contribution in [0.1, 0.15) is 51.1 Å². The molecule has 20 heavy (non-hydrogen) atoms. The molecule has 0 aromatic carbocycles. The van der Waals surface area contributed by atoms with E-state index in [0.29, 0.717) is 11.7 Å². The van der Waals surface area contributed by atoms with Crippen molar-refractivity contribution in [3.63, 3.8) is 0 Å². The van der Waals surface area contributed by atoms with Crippen molar-refractivity contribution >= 4 is 11.5 Å². The fraction of sp³-hybridized carbons (Fsp3) is 0.667. The van der Waals surface area contributed by atoms with Gasteiger partial charge in [0.2, 0.25) is 0 Å². The maximum absolute atomic E-state index is 10.8. The van der Waals surface area contributed by atoms with Gasteiger partial charge in [0.1, 0.15) is 11.5 Å². The minimum atomic E-state index is -0.387. The third-order valence-corrected chi connectivity index (χ3v) is 4.15. The first kappa shape index (κ1) is 14.8. The van der Waals surface area contributed by atoms with Gasteiger partial charge in [-0.25, -0.2) is 4.98 Å². The number of pyridine rings is 1. The molecule has 1 aromatic rings. The zero-order valence-electron chi connectivity index (χ0n) is 12.3. The zero-order valence-corrected chi connectivity index (χ0v) is 12.3. The van der Waals surface area contributed by atoms with Crippen molar-refractivity contribution in [3.05, 3.63) is 27.9 Å². The molecule has 0 saturated heterocycles. The first-order valence-electron chi connectivity index (χ1n) is 7.48. The lowest BCUT2D eigenvalue weighted by Gasteiger charge is -2.29. The van der Waals surface area contributed by atoms with Gasteiger partial charge in [-0.3, -0.25) is 10.1 Å². The Morgan fingerprint density at radius 2 is 2.05 bits per heavy atom. The zero-order chi connectivity index (χ0) is 14.5. The van der Waals surface area contributed by atoms with Crippen LogP contribution in [0.3, 0.4) is 0 Å². The van der Waals surface area contributed by atoms with E-state index in [1.807, 2.05) is 0 Å². The molecule has 1 aromatic heterocycles. The second-order valence-corrected chi connectivity index (χ2v) is 5.71. The van der Waals surface area contributed by atoms with Gasteiger partial charge >= 0.3 is 0 Å². The van der Waals surface area contributed by atoms with E-state index in [1.54, 1.807) is 13.0 Å². The fourth-order valence-corrected chi connectivity index (χ4v) is 3.04. The molecule has 2 rings (SSSR count). The predicted octanol–water partition coefficient (Wildman–Crippen LogP) is 4.07. The molecule has 1 N–H and O–H groups in total. The second-order valence-electron chi connectivity index (χ2n) is 5.71. The summed E-state index contributed by atoms with van der Waals surface area (Å²) in [6.45, 7) is 3.93. The molecule has 0 amide bonds. The molecular formula is C15H23N3O2. The van der Waals surface area contributed by atoms with Gasteiger partial charge in [-0.1, -0.05) is 19.8 Å². The van der Waals surface area contributed by atoms with Gasteiger partial charge in [-0.15, -0.1) is 0 Å². The molecule has 0 spiro atoms. The molecule has 5 heteroatoms. The van der Waals surface area contributed by atoms with E-state index in [-0.39, 0.29) is 10.6 Å². The number of hydrogen-bond donors (Lipinski definition) is 1. The number of hydrogen-bond acceptors (Lipinski definition) is 4. The highest BCUT2D eigenvalue weighted by molar-refractivity contribution is 5.45. The van der Waals surface area contributed by atoms with Crippen LogP contribution in [0.2, 0.25) is 0 Å². The average molecular weight is 277 g/mol. The summed E-state index contributed by atoms with van der Waals surface area (Å²) in [5.41, 5.74) is 0.557. The van der Waals surface area contributed by atoms with Crippen molar-refractivity contribution in [1.29, 1.82) is 0 Å². The van der Waals surface area contributed by atoms with Crippen molar-refractivity contribution in [1.82, 2.24) is 4.98 Å².